The molecule has 5 heteroatoms. The van der Waals surface area contributed by atoms with Gasteiger partial charge in [-0.2, -0.15) is 0 Å². The molecule has 0 saturated carbocycles. The quantitative estimate of drug-likeness (QED) is 0.824. The Bertz CT molecular complexity index is 691. The number of hydrogen-bond donors (Lipinski definition) is 1. The van der Waals surface area contributed by atoms with Crippen molar-refractivity contribution >= 4 is 11.7 Å². The van der Waals surface area contributed by atoms with E-state index in [4.69, 9.17) is 0 Å². The van der Waals surface area contributed by atoms with Crippen LogP contribution in [0.15, 0.2) is 55.4 Å². The van der Waals surface area contributed by atoms with Crippen molar-refractivity contribution in [3.8, 4) is 0 Å². The summed E-state index contributed by atoms with van der Waals surface area (Å²) in [5, 5.41) is 2.70. The zero-order valence-electron chi connectivity index (χ0n) is 14.4. The Morgan fingerprint density at radius 3 is 2.60 bits per heavy atom. The molecular formula is C20H24N4O. The van der Waals surface area contributed by atoms with Crippen LogP contribution in [-0.2, 0) is 6.42 Å². The number of carbonyl (C=O) groups is 1. The van der Waals surface area contributed by atoms with Gasteiger partial charge in [0, 0.05) is 19.6 Å². The number of nitrogens with zero attached hydrogens (tertiary/aromatic N) is 3. The van der Waals surface area contributed by atoms with Crippen molar-refractivity contribution in [1.29, 1.82) is 0 Å². The summed E-state index contributed by atoms with van der Waals surface area (Å²) in [4.78, 5) is 22.7. The van der Waals surface area contributed by atoms with Crippen LogP contribution in [0.5, 0.6) is 0 Å². The topological polar surface area (TPSA) is 58.1 Å². The van der Waals surface area contributed by atoms with Crippen molar-refractivity contribution in [3.63, 3.8) is 0 Å². The molecule has 130 valence electrons. The highest BCUT2D eigenvalue weighted by atomic mass is 16.1. The third-order valence-corrected chi connectivity index (χ3v) is 4.58. The van der Waals surface area contributed by atoms with Crippen LogP contribution < -0.4 is 10.2 Å². The summed E-state index contributed by atoms with van der Waals surface area (Å²) in [5.74, 6) is 1.34. The van der Waals surface area contributed by atoms with Gasteiger partial charge in [-0.05, 0) is 30.7 Å². The third-order valence-electron chi connectivity index (χ3n) is 4.58. The number of nitrogens with one attached hydrogen (secondary N) is 1. The van der Waals surface area contributed by atoms with Gasteiger partial charge in [-0.25, -0.2) is 9.97 Å². The van der Waals surface area contributed by atoms with Gasteiger partial charge in [-0.3, -0.25) is 4.79 Å². The van der Waals surface area contributed by atoms with Gasteiger partial charge in [-0.1, -0.05) is 36.4 Å². The molecule has 0 bridgehead atoms. The lowest BCUT2D eigenvalue weighted by Gasteiger charge is -2.32. The fourth-order valence-electron chi connectivity index (χ4n) is 3.17. The lowest BCUT2D eigenvalue weighted by Crippen LogP contribution is -2.35. The molecule has 0 spiro atoms. The van der Waals surface area contributed by atoms with Gasteiger partial charge in [0.05, 0.1) is 12.4 Å². The van der Waals surface area contributed by atoms with E-state index in [-0.39, 0.29) is 5.91 Å². The molecule has 1 aliphatic heterocycles. The van der Waals surface area contributed by atoms with Crippen LogP contribution >= 0.6 is 0 Å². The highest BCUT2D eigenvalue weighted by molar-refractivity contribution is 5.92. The molecule has 2 heterocycles. The summed E-state index contributed by atoms with van der Waals surface area (Å²) in [6.07, 6.45) is 8.32. The second kappa shape index (κ2) is 8.42. The summed E-state index contributed by atoms with van der Waals surface area (Å²) >= 11 is 0. The molecule has 1 aliphatic rings. The second-order valence-corrected chi connectivity index (χ2v) is 6.38. The summed E-state index contributed by atoms with van der Waals surface area (Å²) in [7, 11) is 0. The molecule has 1 aromatic carbocycles. The van der Waals surface area contributed by atoms with Crippen molar-refractivity contribution in [2.24, 2.45) is 5.92 Å². The monoisotopic (exact) mass is 336 g/mol. The lowest BCUT2D eigenvalue weighted by molar-refractivity contribution is 0.0952. The Balaban J connectivity index is 1.52. The summed E-state index contributed by atoms with van der Waals surface area (Å²) in [6, 6.07) is 10.7. The minimum absolute atomic E-state index is 0.222. The molecule has 1 aromatic heterocycles. The molecule has 0 aliphatic carbocycles. The van der Waals surface area contributed by atoms with E-state index in [0.717, 1.165) is 44.1 Å². The molecule has 3 rings (SSSR count). The van der Waals surface area contributed by atoms with Crippen LogP contribution in [0.2, 0.25) is 0 Å². The van der Waals surface area contributed by atoms with Crippen LogP contribution in [0, 0.1) is 5.92 Å². The molecule has 1 amide bonds. The number of rotatable bonds is 6. The van der Waals surface area contributed by atoms with E-state index in [2.05, 4.69) is 57.1 Å². The van der Waals surface area contributed by atoms with E-state index in [1.54, 1.807) is 18.5 Å². The zero-order valence-corrected chi connectivity index (χ0v) is 14.4. The summed E-state index contributed by atoms with van der Waals surface area (Å²) in [5.41, 5.74) is 1.75. The van der Waals surface area contributed by atoms with Crippen molar-refractivity contribution < 1.29 is 4.79 Å². The maximum Gasteiger partial charge on any atom is 0.271 e. The fourth-order valence-corrected chi connectivity index (χ4v) is 3.17. The van der Waals surface area contributed by atoms with Crippen molar-refractivity contribution in [3.05, 3.63) is 66.6 Å². The Labute approximate surface area is 148 Å². The predicted molar refractivity (Wildman–Crippen MR) is 99.6 cm³/mol. The van der Waals surface area contributed by atoms with Crippen molar-refractivity contribution in [1.82, 2.24) is 15.3 Å². The number of aromatic nitrogens is 2. The standard InChI is InChI=1S/C20H24N4O/c1-2-10-21-20(25)18-14-23-19(15-22-18)24-11-8-17(9-12-24)13-16-6-4-3-5-7-16/h2-7,14-15,17H,1,8-13H2,(H,21,25). The first-order valence-corrected chi connectivity index (χ1v) is 8.76. The fraction of sp³-hybridized carbons (Fsp3) is 0.350. The minimum Gasteiger partial charge on any atom is -0.355 e. The molecule has 0 unspecified atom stereocenters. The molecular weight excluding hydrogens is 312 g/mol. The van der Waals surface area contributed by atoms with E-state index in [9.17, 15) is 4.79 Å². The van der Waals surface area contributed by atoms with Crippen molar-refractivity contribution in [2.45, 2.75) is 19.3 Å². The highest BCUT2D eigenvalue weighted by Gasteiger charge is 2.21. The highest BCUT2D eigenvalue weighted by Crippen LogP contribution is 2.24. The molecule has 1 N–H and O–H groups in total. The minimum atomic E-state index is -0.222. The molecule has 1 saturated heterocycles. The third kappa shape index (κ3) is 4.66. The number of hydrogen-bond acceptors (Lipinski definition) is 4. The molecule has 1 fully saturated rings. The Morgan fingerprint density at radius 2 is 1.96 bits per heavy atom. The second-order valence-electron chi connectivity index (χ2n) is 6.38. The lowest BCUT2D eigenvalue weighted by atomic mass is 9.90. The Hall–Kier alpha value is -2.69. The first kappa shape index (κ1) is 17.1. The SMILES string of the molecule is C=CCNC(=O)c1cnc(N2CCC(Cc3ccccc3)CC2)cn1. The Kier molecular flexibility index (Phi) is 5.77. The average Bonchev–Trinajstić information content (AvgIpc) is 2.68. The number of piperidine rings is 1. The van der Waals surface area contributed by atoms with Gasteiger partial charge < -0.3 is 10.2 Å². The smallest absolute Gasteiger partial charge is 0.271 e. The van der Waals surface area contributed by atoms with E-state index in [1.165, 1.54) is 5.56 Å². The largest absolute Gasteiger partial charge is 0.355 e. The molecule has 5 nitrogen and oxygen atoms in total. The van der Waals surface area contributed by atoms with Gasteiger partial charge in [0.1, 0.15) is 11.5 Å². The normalized spacial score (nSPS) is 15.0. The first-order valence-electron chi connectivity index (χ1n) is 8.76. The maximum absolute atomic E-state index is 11.8. The Morgan fingerprint density at radius 1 is 1.20 bits per heavy atom. The number of benzene rings is 1. The molecule has 25 heavy (non-hydrogen) atoms. The van der Waals surface area contributed by atoms with E-state index in [0.29, 0.717) is 12.2 Å². The van der Waals surface area contributed by atoms with Gasteiger partial charge in [0.2, 0.25) is 0 Å². The van der Waals surface area contributed by atoms with E-state index >= 15 is 0 Å². The molecule has 0 atom stereocenters. The predicted octanol–water partition coefficient (Wildman–Crippen LogP) is 2.85. The number of amides is 1. The average molecular weight is 336 g/mol. The number of carbonyl (C=O) groups excluding carboxylic acids is 1. The van der Waals surface area contributed by atoms with Crippen LogP contribution in [0.25, 0.3) is 0 Å². The van der Waals surface area contributed by atoms with E-state index in [1.807, 2.05) is 0 Å². The van der Waals surface area contributed by atoms with Crippen LogP contribution in [0.4, 0.5) is 5.82 Å². The van der Waals surface area contributed by atoms with Crippen LogP contribution in [0.1, 0.15) is 28.9 Å². The summed E-state index contributed by atoms with van der Waals surface area (Å²) in [6.45, 7) is 5.97. The van der Waals surface area contributed by atoms with E-state index < -0.39 is 0 Å². The molecule has 2 aromatic rings. The van der Waals surface area contributed by atoms with Gasteiger partial charge >= 0.3 is 0 Å². The van der Waals surface area contributed by atoms with Crippen molar-refractivity contribution in [2.75, 3.05) is 24.5 Å². The van der Waals surface area contributed by atoms with Gasteiger partial charge in [0.15, 0.2) is 0 Å². The van der Waals surface area contributed by atoms with Gasteiger partial charge in [0.25, 0.3) is 5.91 Å². The summed E-state index contributed by atoms with van der Waals surface area (Å²) < 4.78 is 0. The zero-order chi connectivity index (χ0) is 17.5. The molecule has 0 radical (unpaired) electrons. The van der Waals surface area contributed by atoms with Gasteiger partial charge in [-0.15, -0.1) is 6.58 Å². The van der Waals surface area contributed by atoms with Crippen LogP contribution in [0.3, 0.4) is 0 Å². The first-order chi connectivity index (χ1) is 12.3. The number of anilines is 1. The van der Waals surface area contributed by atoms with Crippen LogP contribution in [-0.4, -0.2) is 35.5 Å². The maximum atomic E-state index is 11.8.